The Hall–Kier alpha value is -2.02. The number of benzene rings is 1. The average Bonchev–Trinajstić information content (AvgIpc) is 2.54. The Bertz CT molecular complexity index is 514. The Labute approximate surface area is 126 Å². The van der Waals surface area contributed by atoms with Crippen molar-refractivity contribution < 1.29 is 9.53 Å². The van der Waals surface area contributed by atoms with E-state index < -0.39 is 0 Å². The second kappa shape index (κ2) is 7.68. The fourth-order valence-corrected chi connectivity index (χ4v) is 2.79. The summed E-state index contributed by atoms with van der Waals surface area (Å²) in [5.41, 5.74) is 0.465. The Kier molecular flexibility index (Phi) is 5.62. The lowest BCUT2D eigenvalue weighted by Crippen LogP contribution is -2.41. The first-order valence-electron chi connectivity index (χ1n) is 7.64. The lowest BCUT2D eigenvalue weighted by molar-refractivity contribution is -0.134. The quantitative estimate of drug-likeness (QED) is 0.836. The van der Waals surface area contributed by atoms with E-state index in [2.05, 4.69) is 13.0 Å². The number of rotatable bonds is 5. The fourth-order valence-electron chi connectivity index (χ4n) is 2.79. The molecule has 4 heteroatoms. The molecule has 21 heavy (non-hydrogen) atoms. The van der Waals surface area contributed by atoms with Gasteiger partial charge in [0.05, 0.1) is 5.56 Å². The number of likely N-dealkylation sites (tertiary alicyclic amines) is 1. The van der Waals surface area contributed by atoms with Crippen LogP contribution in [0.5, 0.6) is 5.75 Å². The molecule has 1 aromatic rings. The van der Waals surface area contributed by atoms with E-state index in [9.17, 15) is 4.79 Å². The summed E-state index contributed by atoms with van der Waals surface area (Å²) in [6, 6.07) is 9.07. The molecule has 0 N–H and O–H groups in total. The lowest BCUT2D eigenvalue weighted by atomic mass is 9.92. The Morgan fingerprint density at radius 3 is 2.76 bits per heavy atom. The number of hydrogen-bond acceptors (Lipinski definition) is 3. The molecule has 1 aromatic carbocycles. The van der Waals surface area contributed by atoms with Crippen LogP contribution < -0.4 is 4.74 Å². The predicted molar refractivity (Wildman–Crippen MR) is 80.9 cm³/mol. The van der Waals surface area contributed by atoms with Gasteiger partial charge in [0.15, 0.2) is 6.61 Å². The standard InChI is InChI=1S/C17H22N2O2/c1-2-5-14-8-10-19(11-9-14)17(20)13-21-16-7-4-3-6-15(16)12-18/h3-4,6-7,14H,2,5,8-11,13H2,1H3. The predicted octanol–water partition coefficient (Wildman–Crippen LogP) is 2.98. The fraction of sp³-hybridized carbons (Fsp3) is 0.529. The third-order valence-corrected chi connectivity index (χ3v) is 4.02. The molecular formula is C17H22N2O2. The third kappa shape index (κ3) is 4.22. The van der Waals surface area contributed by atoms with Gasteiger partial charge in [0.25, 0.3) is 5.91 Å². The van der Waals surface area contributed by atoms with Gasteiger partial charge in [-0.1, -0.05) is 31.9 Å². The molecule has 1 aliphatic heterocycles. The van der Waals surface area contributed by atoms with E-state index >= 15 is 0 Å². The SMILES string of the molecule is CCCC1CCN(C(=O)COc2ccccc2C#N)CC1. The lowest BCUT2D eigenvalue weighted by Gasteiger charge is -2.31. The van der Waals surface area contributed by atoms with Gasteiger partial charge in [-0.15, -0.1) is 0 Å². The van der Waals surface area contributed by atoms with Crippen molar-refractivity contribution in [2.75, 3.05) is 19.7 Å². The van der Waals surface area contributed by atoms with Gasteiger partial charge in [0.1, 0.15) is 11.8 Å². The molecule has 1 heterocycles. The molecule has 0 unspecified atom stereocenters. The molecule has 0 aromatic heterocycles. The first-order chi connectivity index (χ1) is 10.2. The zero-order valence-corrected chi connectivity index (χ0v) is 12.5. The summed E-state index contributed by atoms with van der Waals surface area (Å²) >= 11 is 0. The van der Waals surface area contributed by atoms with Gasteiger partial charge in [0, 0.05) is 13.1 Å². The largest absolute Gasteiger partial charge is 0.482 e. The first kappa shape index (κ1) is 15.4. The van der Waals surface area contributed by atoms with Crippen LogP contribution in [0.4, 0.5) is 0 Å². The van der Waals surface area contributed by atoms with Crippen LogP contribution in [0.15, 0.2) is 24.3 Å². The first-order valence-corrected chi connectivity index (χ1v) is 7.64. The summed E-state index contributed by atoms with van der Waals surface area (Å²) in [6.45, 7) is 3.87. The van der Waals surface area contributed by atoms with Crippen molar-refractivity contribution in [3.63, 3.8) is 0 Å². The summed E-state index contributed by atoms with van der Waals surface area (Å²) < 4.78 is 5.50. The summed E-state index contributed by atoms with van der Waals surface area (Å²) in [6.07, 6.45) is 4.66. The van der Waals surface area contributed by atoms with Gasteiger partial charge in [-0.05, 0) is 30.9 Å². The number of carbonyl (C=O) groups is 1. The molecule has 2 rings (SSSR count). The normalized spacial score (nSPS) is 15.5. The molecule has 1 amide bonds. The maximum absolute atomic E-state index is 12.2. The van der Waals surface area contributed by atoms with Crippen LogP contribution >= 0.6 is 0 Å². The Balaban J connectivity index is 1.82. The highest BCUT2D eigenvalue weighted by Crippen LogP contribution is 2.22. The van der Waals surface area contributed by atoms with E-state index in [4.69, 9.17) is 10.00 Å². The van der Waals surface area contributed by atoms with Gasteiger partial charge >= 0.3 is 0 Å². The number of amides is 1. The molecule has 0 aliphatic carbocycles. The minimum atomic E-state index is 0.0110. The highest BCUT2D eigenvalue weighted by atomic mass is 16.5. The smallest absolute Gasteiger partial charge is 0.260 e. The third-order valence-electron chi connectivity index (χ3n) is 4.02. The van der Waals surface area contributed by atoms with Crippen molar-refractivity contribution in [1.82, 2.24) is 4.90 Å². The molecule has 0 atom stereocenters. The number of ether oxygens (including phenoxy) is 1. The molecule has 1 fully saturated rings. The monoisotopic (exact) mass is 286 g/mol. The topological polar surface area (TPSA) is 53.3 Å². The summed E-state index contributed by atoms with van der Waals surface area (Å²) in [5, 5.41) is 8.99. The van der Waals surface area contributed by atoms with E-state index in [1.54, 1.807) is 24.3 Å². The summed E-state index contributed by atoms with van der Waals surface area (Å²) in [7, 11) is 0. The van der Waals surface area contributed by atoms with Crippen molar-refractivity contribution in [1.29, 1.82) is 5.26 Å². The van der Waals surface area contributed by atoms with Gasteiger partial charge < -0.3 is 9.64 Å². The van der Waals surface area contributed by atoms with Crippen molar-refractivity contribution in [3.8, 4) is 11.8 Å². The van der Waals surface area contributed by atoms with E-state index in [1.165, 1.54) is 12.8 Å². The summed E-state index contributed by atoms with van der Waals surface area (Å²) in [5.74, 6) is 1.26. The molecule has 0 bridgehead atoms. The number of nitriles is 1. The van der Waals surface area contributed by atoms with Gasteiger partial charge in [-0.3, -0.25) is 4.79 Å². The maximum Gasteiger partial charge on any atom is 0.260 e. The van der Waals surface area contributed by atoms with Crippen molar-refractivity contribution in [2.45, 2.75) is 32.6 Å². The average molecular weight is 286 g/mol. The van der Waals surface area contributed by atoms with Crippen molar-refractivity contribution in [2.24, 2.45) is 5.92 Å². The van der Waals surface area contributed by atoms with Crippen LogP contribution in [-0.4, -0.2) is 30.5 Å². The zero-order chi connectivity index (χ0) is 15.1. The van der Waals surface area contributed by atoms with E-state index in [1.807, 2.05) is 4.90 Å². The molecule has 0 spiro atoms. The molecule has 112 valence electrons. The number of piperidine rings is 1. The Morgan fingerprint density at radius 2 is 2.10 bits per heavy atom. The highest BCUT2D eigenvalue weighted by molar-refractivity contribution is 5.78. The number of carbonyl (C=O) groups excluding carboxylic acids is 1. The van der Waals surface area contributed by atoms with E-state index in [0.717, 1.165) is 31.8 Å². The molecule has 0 saturated carbocycles. The van der Waals surface area contributed by atoms with Crippen molar-refractivity contribution in [3.05, 3.63) is 29.8 Å². The van der Waals surface area contributed by atoms with Gasteiger partial charge in [0.2, 0.25) is 0 Å². The molecular weight excluding hydrogens is 264 g/mol. The van der Waals surface area contributed by atoms with Crippen molar-refractivity contribution >= 4 is 5.91 Å². The molecule has 1 aliphatic rings. The van der Waals surface area contributed by atoms with Gasteiger partial charge in [-0.25, -0.2) is 0 Å². The van der Waals surface area contributed by atoms with Crippen LogP contribution in [0.1, 0.15) is 38.2 Å². The van der Waals surface area contributed by atoms with Crippen LogP contribution in [0, 0.1) is 17.2 Å². The molecule has 1 saturated heterocycles. The second-order valence-electron chi connectivity index (χ2n) is 5.51. The Morgan fingerprint density at radius 1 is 1.38 bits per heavy atom. The van der Waals surface area contributed by atoms with Crippen LogP contribution in [0.25, 0.3) is 0 Å². The van der Waals surface area contributed by atoms with E-state index in [-0.39, 0.29) is 12.5 Å². The van der Waals surface area contributed by atoms with Gasteiger partial charge in [-0.2, -0.15) is 5.26 Å². The van der Waals surface area contributed by atoms with Crippen LogP contribution in [-0.2, 0) is 4.79 Å². The maximum atomic E-state index is 12.2. The molecule has 0 radical (unpaired) electrons. The second-order valence-corrected chi connectivity index (χ2v) is 5.51. The summed E-state index contributed by atoms with van der Waals surface area (Å²) in [4.78, 5) is 14.0. The number of nitrogens with zero attached hydrogens (tertiary/aromatic N) is 2. The molecule has 4 nitrogen and oxygen atoms in total. The van der Waals surface area contributed by atoms with Crippen LogP contribution in [0.2, 0.25) is 0 Å². The minimum absolute atomic E-state index is 0.0110. The highest BCUT2D eigenvalue weighted by Gasteiger charge is 2.22. The number of hydrogen-bond donors (Lipinski definition) is 0. The zero-order valence-electron chi connectivity index (χ0n) is 12.5. The number of para-hydroxylation sites is 1. The minimum Gasteiger partial charge on any atom is -0.482 e. The van der Waals surface area contributed by atoms with Crippen LogP contribution in [0.3, 0.4) is 0 Å². The van der Waals surface area contributed by atoms with E-state index in [0.29, 0.717) is 11.3 Å².